The van der Waals surface area contributed by atoms with Crippen LogP contribution >= 0.6 is 0 Å². The summed E-state index contributed by atoms with van der Waals surface area (Å²) in [6, 6.07) is 0. The van der Waals surface area contributed by atoms with Gasteiger partial charge in [-0.05, 0) is 118 Å². The van der Waals surface area contributed by atoms with Crippen LogP contribution in [0.5, 0.6) is 0 Å². The van der Waals surface area contributed by atoms with Gasteiger partial charge in [0, 0.05) is 0 Å². The Hall–Kier alpha value is -1.64. The van der Waals surface area contributed by atoms with E-state index in [0.717, 1.165) is 63.4 Å². The van der Waals surface area contributed by atoms with E-state index in [4.69, 9.17) is 4.89 Å². The van der Waals surface area contributed by atoms with Gasteiger partial charge in [0.1, 0.15) is 6.10 Å². The van der Waals surface area contributed by atoms with Crippen molar-refractivity contribution in [1.29, 1.82) is 0 Å². The molecule has 182 valence electrons. The van der Waals surface area contributed by atoms with Gasteiger partial charge in [-0.25, -0.2) is 4.89 Å². The number of allylic oxidation sites excluding steroid dienone is 10. The summed E-state index contributed by atoms with van der Waals surface area (Å²) in [6.07, 6.45) is 21.6. The van der Waals surface area contributed by atoms with E-state index < -0.39 is 0 Å². The normalized spacial score (nSPS) is 13.7. The van der Waals surface area contributed by atoms with E-state index in [1.807, 2.05) is 0 Å². The molecule has 2 nitrogen and oxygen atoms in total. The molecule has 0 aliphatic rings. The molecule has 0 aromatic carbocycles. The minimum Gasteiger partial charge on any atom is -0.251 e. The second-order valence-electron chi connectivity index (χ2n) is 9.70. The second kappa shape index (κ2) is 18.9. The predicted molar refractivity (Wildman–Crippen MR) is 143 cm³/mol. The molecule has 0 heterocycles. The molecule has 0 radical (unpaired) electrons. The molecule has 2 heteroatoms. The first-order valence-electron chi connectivity index (χ1n) is 12.4. The van der Waals surface area contributed by atoms with E-state index in [0.29, 0.717) is 0 Å². The minimum absolute atomic E-state index is 0.274. The molecule has 0 saturated carbocycles. The standard InChI is InChI=1S/C30H50O2/c1-24(2)14-11-18-27(6)20-13-19-26(5)16-9-10-17-28(7)22-23-30(32-31)29(8)21-12-15-25(3)4/h14-17,20,30-31H,8-13,18-19,21-23H2,1-7H3/b26-16+,27-20+,28-17+. The molecule has 0 spiro atoms. The average molecular weight is 443 g/mol. The molecule has 0 aliphatic carbocycles. The third-order valence-electron chi connectivity index (χ3n) is 5.68. The smallest absolute Gasteiger partial charge is 0.114 e. The molecule has 0 amide bonds. The van der Waals surface area contributed by atoms with Crippen LogP contribution in [0.4, 0.5) is 0 Å². The molecule has 1 atom stereocenters. The number of unbranched alkanes of at least 4 members (excludes halogenated alkanes) is 1. The Morgan fingerprint density at radius 2 is 1.03 bits per heavy atom. The average Bonchev–Trinajstić information content (AvgIpc) is 2.71. The van der Waals surface area contributed by atoms with E-state index in [1.165, 1.54) is 34.3 Å². The van der Waals surface area contributed by atoms with Crippen molar-refractivity contribution < 1.29 is 10.1 Å². The fourth-order valence-corrected chi connectivity index (χ4v) is 3.50. The Balaban J connectivity index is 4.22. The summed E-state index contributed by atoms with van der Waals surface area (Å²) in [6.45, 7) is 19.3. The molecular formula is C30H50O2. The van der Waals surface area contributed by atoms with Crippen molar-refractivity contribution in [2.45, 2.75) is 119 Å². The summed E-state index contributed by atoms with van der Waals surface area (Å²) in [5.41, 5.74) is 8.01. The maximum atomic E-state index is 9.25. The summed E-state index contributed by atoms with van der Waals surface area (Å²) >= 11 is 0. The first-order valence-corrected chi connectivity index (χ1v) is 12.4. The van der Waals surface area contributed by atoms with Gasteiger partial charge in [0.15, 0.2) is 0 Å². The highest BCUT2D eigenvalue weighted by Gasteiger charge is 2.12. The van der Waals surface area contributed by atoms with Crippen LogP contribution in [0.15, 0.2) is 70.4 Å². The maximum Gasteiger partial charge on any atom is 0.114 e. The van der Waals surface area contributed by atoms with Gasteiger partial charge in [-0.2, -0.15) is 0 Å². The quantitative estimate of drug-likeness (QED) is 0.105. The van der Waals surface area contributed by atoms with Crippen LogP contribution in [0.3, 0.4) is 0 Å². The predicted octanol–water partition coefficient (Wildman–Crippen LogP) is 10.1. The lowest BCUT2D eigenvalue weighted by Gasteiger charge is -2.16. The third-order valence-corrected chi connectivity index (χ3v) is 5.68. The molecule has 0 rings (SSSR count). The zero-order valence-corrected chi connectivity index (χ0v) is 22.1. The summed E-state index contributed by atoms with van der Waals surface area (Å²) < 4.78 is 0. The van der Waals surface area contributed by atoms with Crippen molar-refractivity contribution in [2.24, 2.45) is 0 Å². The van der Waals surface area contributed by atoms with Crippen molar-refractivity contribution in [3.8, 4) is 0 Å². The van der Waals surface area contributed by atoms with Gasteiger partial charge in [0.05, 0.1) is 0 Å². The fraction of sp³-hybridized carbons (Fsp3) is 0.600. The van der Waals surface area contributed by atoms with Crippen LogP contribution < -0.4 is 0 Å². The SMILES string of the molecule is C=C(CCC=C(C)C)C(CC/C(C)=C/CC/C=C(\C)CC/C=C(\C)CCC=C(C)C)OO. The monoisotopic (exact) mass is 442 g/mol. The van der Waals surface area contributed by atoms with Crippen LogP contribution in [0.25, 0.3) is 0 Å². The van der Waals surface area contributed by atoms with E-state index >= 15 is 0 Å². The van der Waals surface area contributed by atoms with Gasteiger partial charge in [0.2, 0.25) is 0 Å². The largest absolute Gasteiger partial charge is 0.251 e. The van der Waals surface area contributed by atoms with Gasteiger partial charge in [-0.1, -0.05) is 64.8 Å². The van der Waals surface area contributed by atoms with E-state index in [2.05, 4.69) is 85.4 Å². The molecule has 0 aromatic heterocycles. The van der Waals surface area contributed by atoms with Gasteiger partial charge >= 0.3 is 0 Å². The highest BCUT2D eigenvalue weighted by atomic mass is 17.1. The van der Waals surface area contributed by atoms with Crippen molar-refractivity contribution in [1.82, 2.24) is 0 Å². The lowest BCUT2D eigenvalue weighted by molar-refractivity contribution is -0.270. The van der Waals surface area contributed by atoms with E-state index in [1.54, 1.807) is 0 Å². The maximum absolute atomic E-state index is 9.25. The zero-order valence-electron chi connectivity index (χ0n) is 22.1. The summed E-state index contributed by atoms with van der Waals surface area (Å²) in [4.78, 5) is 4.70. The molecule has 0 fully saturated rings. The Bertz CT molecular complexity index is 678. The molecule has 1 unspecified atom stereocenters. The zero-order chi connectivity index (χ0) is 24.4. The van der Waals surface area contributed by atoms with Crippen LogP contribution in [0, 0.1) is 0 Å². The molecule has 0 bridgehead atoms. The van der Waals surface area contributed by atoms with Gasteiger partial charge in [0.25, 0.3) is 0 Å². The fourth-order valence-electron chi connectivity index (χ4n) is 3.50. The molecule has 0 aliphatic heterocycles. The van der Waals surface area contributed by atoms with Gasteiger partial charge in [-0.3, -0.25) is 5.26 Å². The third kappa shape index (κ3) is 18.0. The number of hydrogen-bond acceptors (Lipinski definition) is 2. The Morgan fingerprint density at radius 1 is 0.625 bits per heavy atom. The molecule has 1 N–H and O–H groups in total. The van der Waals surface area contributed by atoms with Crippen LogP contribution in [-0.4, -0.2) is 11.4 Å². The molecule has 0 aromatic rings. The Morgan fingerprint density at radius 3 is 1.50 bits per heavy atom. The van der Waals surface area contributed by atoms with Crippen molar-refractivity contribution in [2.75, 3.05) is 0 Å². The number of hydrogen-bond donors (Lipinski definition) is 1. The molecule has 0 saturated heterocycles. The summed E-state index contributed by atoms with van der Waals surface area (Å²) in [5, 5.41) is 9.25. The van der Waals surface area contributed by atoms with Crippen molar-refractivity contribution >= 4 is 0 Å². The minimum atomic E-state index is -0.274. The van der Waals surface area contributed by atoms with Crippen molar-refractivity contribution in [3.05, 3.63) is 70.4 Å². The van der Waals surface area contributed by atoms with Gasteiger partial charge < -0.3 is 0 Å². The van der Waals surface area contributed by atoms with Gasteiger partial charge in [-0.15, -0.1) is 0 Å². The summed E-state index contributed by atoms with van der Waals surface area (Å²) in [5.74, 6) is 0. The highest BCUT2D eigenvalue weighted by molar-refractivity contribution is 5.09. The second-order valence-corrected chi connectivity index (χ2v) is 9.70. The molecule has 32 heavy (non-hydrogen) atoms. The summed E-state index contributed by atoms with van der Waals surface area (Å²) in [7, 11) is 0. The lowest BCUT2D eigenvalue weighted by Crippen LogP contribution is -2.13. The number of rotatable bonds is 17. The van der Waals surface area contributed by atoms with Crippen LogP contribution in [0.1, 0.15) is 113 Å². The highest BCUT2D eigenvalue weighted by Crippen LogP contribution is 2.19. The Kier molecular flexibility index (Phi) is 17.9. The van der Waals surface area contributed by atoms with E-state index in [9.17, 15) is 5.26 Å². The van der Waals surface area contributed by atoms with E-state index in [-0.39, 0.29) is 6.10 Å². The Labute approximate surface area is 199 Å². The lowest BCUT2D eigenvalue weighted by atomic mass is 9.98. The molecular weight excluding hydrogens is 392 g/mol. The first-order chi connectivity index (χ1) is 15.1. The van der Waals surface area contributed by atoms with Crippen LogP contribution in [0.2, 0.25) is 0 Å². The van der Waals surface area contributed by atoms with Crippen LogP contribution in [-0.2, 0) is 4.89 Å². The topological polar surface area (TPSA) is 29.5 Å². The first kappa shape index (κ1) is 30.4. The van der Waals surface area contributed by atoms with Crippen molar-refractivity contribution in [3.63, 3.8) is 0 Å².